The molecule has 0 aliphatic heterocycles. The minimum Gasteiger partial charge on any atom is -0.406 e. The summed E-state index contributed by atoms with van der Waals surface area (Å²) in [6.45, 7) is 6.16. The molecule has 5 rings (SSSR count). The van der Waals surface area contributed by atoms with Crippen LogP contribution in [0.4, 0.5) is 18.0 Å². The van der Waals surface area contributed by atoms with Crippen molar-refractivity contribution in [3.8, 4) is 34.6 Å². The third-order valence-corrected chi connectivity index (χ3v) is 7.55. The Kier molecular flexibility index (Phi) is 8.64. The van der Waals surface area contributed by atoms with Crippen molar-refractivity contribution < 1.29 is 22.7 Å². The van der Waals surface area contributed by atoms with Gasteiger partial charge in [0.25, 0.3) is 0 Å². The Labute approximate surface area is 254 Å². The largest absolute Gasteiger partial charge is 0.573 e. The van der Waals surface area contributed by atoms with Crippen molar-refractivity contribution >= 4 is 17.4 Å². The number of nitrogens with zero attached hydrogens (tertiary/aromatic N) is 6. The second-order valence-electron chi connectivity index (χ2n) is 10.0. The first kappa shape index (κ1) is 30.2. The highest BCUT2D eigenvalue weighted by atomic mass is 32.1. The summed E-state index contributed by atoms with van der Waals surface area (Å²) in [6, 6.07) is 20.5. The number of benzene rings is 3. The van der Waals surface area contributed by atoms with E-state index in [4.69, 9.17) is 0 Å². The van der Waals surface area contributed by atoms with Gasteiger partial charge in [0.1, 0.15) is 18.1 Å². The average Bonchev–Trinajstić information content (AvgIpc) is 3.62. The predicted molar refractivity (Wildman–Crippen MR) is 158 cm³/mol. The Morgan fingerprint density at radius 3 is 2.43 bits per heavy atom. The summed E-state index contributed by atoms with van der Waals surface area (Å²) >= 11 is 1.34. The zero-order valence-electron chi connectivity index (χ0n) is 23.8. The Morgan fingerprint density at radius 1 is 1.07 bits per heavy atom. The number of para-hydroxylation sites is 1. The first-order chi connectivity index (χ1) is 21.0. The number of hydrogen-bond donors (Lipinski definition) is 1. The normalized spacial score (nSPS) is 12.6. The van der Waals surface area contributed by atoms with E-state index in [1.165, 1.54) is 46.6 Å². The van der Waals surface area contributed by atoms with Crippen LogP contribution in [0.2, 0.25) is 0 Å². The molecule has 1 N–H and O–H groups in total. The minimum absolute atomic E-state index is 0.267. The number of nitriles is 1. The molecule has 9 nitrogen and oxygen atoms in total. The fraction of sp³-hybridized carbons (Fsp3) is 0.194. The number of aryl methyl sites for hydroxylation is 1. The van der Waals surface area contributed by atoms with Crippen LogP contribution in [0, 0.1) is 18.3 Å². The van der Waals surface area contributed by atoms with E-state index in [2.05, 4.69) is 51.1 Å². The van der Waals surface area contributed by atoms with E-state index in [1.807, 2.05) is 35.1 Å². The van der Waals surface area contributed by atoms with E-state index >= 15 is 0 Å². The van der Waals surface area contributed by atoms with Crippen LogP contribution in [0.1, 0.15) is 42.6 Å². The van der Waals surface area contributed by atoms with Gasteiger partial charge in [0.2, 0.25) is 0 Å². The number of halogens is 3. The Hall–Kier alpha value is -5.22. The Morgan fingerprint density at radius 2 is 1.77 bits per heavy atom. The molecule has 0 saturated heterocycles. The SMILES string of the molecule is Cc1csc(=NC(=O)NC(C#N)c2ccc(-c3ncn(-c4ccc(OC(F)(F)F)cc4)n3)cc2)n1-c1ccccc1C(C)C. The summed E-state index contributed by atoms with van der Waals surface area (Å²) in [6.07, 6.45) is -3.34. The van der Waals surface area contributed by atoms with Crippen LogP contribution in [-0.2, 0) is 0 Å². The highest BCUT2D eigenvalue weighted by Gasteiger charge is 2.31. The van der Waals surface area contributed by atoms with Crippen LogP contribution < -0.4 is 14.9 Å². The number of urea groups is 1. The maximum absolute atomic E-state index is 13.0. The third-order valence-electron chi connectivity index (χ3n) is 6.60. The molecule has 224 valence electrons. The van der Waals surface area contributed by atoms with Gasteiger partial charge in [0.15, 0.2) is 10.6 Å². The van der Waals surface area contributed by atoms with Crippen molar-refractivity contribution in [3.05, 3.63) is 106 Å². The van der Waals surface area contributed by atoms with E-state index in [1.54, 1.807) is 24.3 Å². The zero-order chi connectivity index (χ0) is 31.4. The summed E-state index contributed by atoms with van der Waals surface area (Å²) in [5.41, 5.74) is 4.67. The number of thiazole rings is 1. The lowest BCUT2D eigenvalue weighted by Crippen LogP contribution is -2.28. The van der Waals surface area contributed by atoms with Gasteiger partial charge < -0.3 is 10.1 Å². The molecule has 1 atom stereocenters. The quantitative estimate of drug-likeness (QED) is 0.212. The first-order valence-corrected chi connectivity index (χ1v) is 14.3. The van der Waals surface area contributed by atoms with Crippen LogP contribution in [0.15, 0.2) is 89.5 Å². The highest BCUT2D eigenvalue weighted by Crippen LogP contribution is 2.25. The molecule has 0 aliphatic carbocycles. The monoisotopic (exact) mass is 617 g/mol. The third kappa shape index (κ3) is 6.87. The molecule has 5 aromatic rings. The number of hydrogen-bond acceptors (Lipinski definition) is 6. The van der Waals surface area contributed by atoms with Gasteiger partial charge in [0.05, 0.1) is 17.4 Å². The van der Waals surface area contributed by atoms with Crippen molar-refractivity contribution in [2.45, 2.75) is 39.1 Å². The van der Waals surface area contributed by atoms with Crippen molar-refractivity contribution in [2.24, 2.45) is 4.99 Å². The van der Waals surface area contributed by atoms with Crippen LogP contribution in [0.25, 0.3) is 22.8 Å². The number of ether oxygens (including phenoxy) is 1. The molecular weight excluding hydrogens is 591 g/mol. The van der Waals surface area contributed by atoms with Gasteiger partial charge >= 0.3 is 12.4 Å². The molecule has 3 aromatic carbocycles. The van der Waals surface area contributed by atoms with E-state index in [-0.39, 0.29) is 11.7 Å². The minimum atomic E-state index is -4.78. The second-order valence-corrected chi connectivity index (χ2v) is 10.8. The molecule has 0 bridgehead atoms. The molecule has 2 heterocycles. The summed E-state index contributed by atoms with van der Waals surface area (Å²) in [5, 5.41) is 18.8. The van der Waals surface area contributed by atoms with Crippen LogP contribution in [-0.4, -0.2) is 31.7 Å². The predicted octanol–water partition coefficient (Wildman–Crippen LogP) is 6.99. The van der Waals surface area contributed by atoms with Crippen LogP contribution in [0.3, 0.4) is 0 Å². The lowest BCUT2D eigenvalue weighted by atomic mass is 10.0. The molecule has 2 amide bonds. The number of carbonyl (C=O) groups is 1. The van der Waals surface area contributed by atoms with E-state index < -0.39 is 18.4 Å². The lowest BCUT2D eigenvalue weighted by Gasteiger charge is -2.15. The maximum atomic E-state index is 13.0. The fourth-order valence-corrected chi connectivity index (χ4v) is 5.39. The number of alkyl halides is 3. The van der Waals surface area contributed by atoms with Crippen LogP contribution in [0.5, 0.6) is 5.75 Å². The molecular formula is C31H26F3N7O2S. The second kappa shape index (κ2) is 12.6. The first-order valence-electron chi connectivity index (χ1n) is 13.4. The molecule has 0 saturated carbocycles. The molecule has 0 fully saturated rings. The van der Waals surface area contributed by atoms with Crippen molar-refractivity contribution in [1.82, 2.24) is 24.6 Å². The molecule has 13 heteroatoms. The number of aromatic nitrogens is 4. The molecule has 2 aromatic heterocycles. The Bertz CT molecular complexity index is 1880. The van der Waals surface area contributed by atoms with E-state index in [9.17, 15) is 23.2 Å². The summed E-state index contributed by atoms with van der Waals surface area (Å²) in [4.78, 5) is 22.0. The topological polar surface area (TPSA) is 110 Å². The van der Waals surface area contributed by atoms with Gasteiger partial charge in [-0.25, -0.2) is 14.5 Å². The fourth-order valence-electron chi connectivity index (χ4n) is 4.52. The summed E-state index contributed by atoms with van der Waals surface area (Å²) < 4.78 is 44.5. The van der Waals surface area contributed by atoms with E-state index in [0.717, 1.165) is 16.9 Å². The number of nitrogens with one attached hydrogen (secondary N) is 1. The standard InChI is InChI=1S/C31H26F3N7O2S/c1-19(2)25-6-4-5-7-27(25)41-20(3)17-44-30(41)38-29(42)37-26(16-35)21-8-10-22(11-9-21)28-36-18-40(39-28)23-12-14-24(15-13-23)43-31(32,33)34/h4-15,17-19,26H,1-3H3,(H,37,42). The summed E-state index contributed by atoms with van der Waals surface area (Å²) in [7, 11) is 0. The molecule has 0 spiro atoms. The van der Waals surface area contributed by atoms with Gasteiger partial charge in [-0.05, 0) is 54.3 Å². The zero-order valence-corrected chi connectivity index (χ0v) is 24.6. The smallest absolute Gasteiger partial charge is 0.406 e. The van der Waals surface area contributed by atoms with Crippen molar-refractivity contribution in [1.29, 1.82) is 5.26 Å². The Balaban J connectivity index is 1.31. The molecule has 1 unspecified atom stereocenters. The summed E-state index contributed by atoms with van der Waals surface area (Å²) in [5.74, 6) is 0.284. The van der Waals surface area contributed by atoms with Gasteiger partial charge in [-0.15, -0.1) is 29.6 Å². The number of rotatable bonds is 7. The molecule has 0 aliphatic rings. The van der Waals surface area contributed by atoms with Gasteiger partial charge in [-0.2, -0.15) is 10.3 Å². The molecule has 44 heavy (non-hydrogen) atoms. The average molecular weight is 618 g/mol. The molecule has 0 radical (unpaired) electrons. The van der Waals surface area contributed by atoms with Crippen molar-refractivity contribution in [3.63, 3.8) is 0 Å². The van der Waals surface area contributed by atoms with Gasteiger partial charge in [0, 0.05) is 16.6 Å². The lowest BCUT2D eigenvalue weighted by molar-refractivity contribution is -0.274. The van der Waals surface area contributed by atoms with Gasteiger partial charge in [-0.1, -0.05) is 56.3 Å². The maximum Gasteiger partial charge on any atom is 0.573 e. The van der Waals surface area contributed by atoms with Crippen LogP contribution >= 0.6 is 11.3 Å². The number of amides is 2. The van der Waals surface area contributed by atoms with Gasteiger partial charge in [-0.3, -0.25) is 4.57 Å². The number of carbonyl (C=O) groups excluding carboxylic acids is 1. The van der Waals surface area contributed by atoms with E-state index in [0.29, 0.717) is 27.4 Å². The van der Waals surface area contributed by atoms with Crippen molar-refractivity contribution in [2.75, 3.05) is 0 Å². The highest BCUT2D eigenvalue weighted by molar-refractivity contribution is 7.07.